The highest BCUT2D eigenvalue weighted by Gasteiger charge is 2.02. The Kier molecular flexibility index (Phi) is 5.01. The van der Waals surface area contributed by atoms with Gasteiger partial charge in [-0.1, -0.05) is 28.4 Å². The molecule has 7 heteroatoms. The summed E-state index contributed by atoms with van der Waals surface area (Å²) in [6.45, 7) is 1.37. The van der Waals surface area contributed by atoms with E-state index in [2.05, 4.69) is 15.6 Å². The highest BCUT2D eigenvalue weighted by Crippen LogP contribution is 2.25. The summed E-state index contributed by atoms with van der Waals surface area (Å²) in [7, 11) is 0. The Balaban J connectivity index is 1.91. The van der Waals surface area contributed by atoms with E-state index in [1.54, 1.807) is 16.8 Å². The molecule has 2 aromatic rings. The molecule has 0 spiro atoms. The molecule has 5 nitrogen and oxygen atoms in total. The van der Waals surface area contributed by atoms with Crippen LogP contribution < -0.4 is 5.32 Å². The van der Waals surface area contributed by atoms with Crippen LogP contribution in [0.25, 0.3) is 0 Å². The lowest BCUT2D eigenvalue weighted by atomic mass is 10.3. The minimum Gasteiger partial charge on any atom is -0.396 e. The van der Waals surface area contributed by atoms with Crippen molar-refractivity contribution < 1.29 is 5.11 Å². The molecule has 1 aromatic carbocycles. The predicted molar refractivity (Wildman–Crippen MR) is 75.5 cm³/mol. The highest BCUT2D eigenvalue weighted by molar-refractivity contribution is 6.42. The number of hydrogen-bond donors (Lipinski definition) is 2. The Labute approximate surface area is 121 Å². The Morgan fingerprint density at radius 2 is 2.11 bits per heavy atom. The van der Waals surface area contributed by atoms with Gasteiger partial charge in [-0.2, -0.15) is 0 Å². The molecule has 0 saturated carbocycles. The van der Waals surface area contributed by atoms with Crippen molar-refractivity contribution in [3.8, 4) is 0 Å². The molecule has 0 atom stereocenters. The van der Waals surface area contributed by atoms with Gasteiger partial charge in [0.05, 0.1) is 22.8 Å². The van der Waals surface area contributed by atoms with Crippen LogP contribution >= 0.6 is 23.2 Å². The van der Waals surface area contributed by atoms with Crippen molar-refractivity contribution in [3.63, 3.8) is 0 Å². The third kappa shape index (κ3) is 4.09. The van der Waals surface area contributed by atoms with Crippen LogP contribution in [0.2, 0.25) is 10.0 Å². The maximum atomic E-state index is 8.74. The Morgan fingerprint density at radius 1 is 1.26 bits per heavy atom. The molecule has 0 saturated heterocycles. The van der Waals surface area contributed by atoms with Crippen molar-refractivity contribution in [3.05, 3.63) is 40.1 Å². The smallest absolute Gasteiger partial charge is 0.102 e. The number of rotatable bonds is 6. The molecule has 0 aliphatic rings. The first-order chi connectivity index (χ1) is 9.19. The first-order valence-electron chi connectivity index (χ1n) is 5.88. The summed E-state index contributed by atoms with van der Waals surface area (Å²) in [5, 5.41) is 21.0. The summed E-state index contributed by atoms with van der Waals surface area (Å²) in [6, 6.07) is 5.36. The number of nitrogens with zero attached hydrogens (tertiary/aromatic N) is 3. The Bertz CT molecular complexity index is 544. The Morgan fingerprint density at radius 3 is 2.84 bits per heavy atom. The molecule has 2 N–H and O–H groups in total. The third-order valence-corrected chi connectivity index (χ3v) is 3.26. The van der Waals surface area contributed by atoms with E-state index in [-0.39, 0.29) is 6.61 Å². The van der Waals surface area contributed by atoms with Crippen LogP contribution in [0.15, 0.2) is 24.4 Å². The standard InChI is InChI=1S/C12H14Cl2N4O/c13-11-3-2-9(6-12(11)14)15-7-10-8-18(17-16-10)4-1-5-19/h2-3,6,8,15,19H,1,4-5,7H2. The molecule has 1 aromatic heterocycles. The molecular formula is C12H14Cl2N4O. The number of aryl methyl sites for hydroxylation is 1. The molecule has 19 heavy (non-hydrogen) atoms. The molecule has 2 rings (SSSR count). The summed E-state index contributed by atoms with van der Waals surface area (Å²) in [5.41, 5.74) is 1.70. The van der Waals surface area contributed by atoms with Gasteiger partial charge in [-0.25, -0.2) is 0 Å². The van der Waals surface area contributed by atoms with E-state index >= 15 is 0 Å². The van der Waals surface area contributed by atoms with Gasteiger partial charge in [0.1, 0.15) is 5.69 Å². The van der Waals surface area contributed by atoms with Crippen LogP contribution in [0.4, 0.5) is 5.69 Å². The van der Waals surface area contributed by atoms with Gasteiger partial charge in [-0.05, 0) is 24.6 Å². The summed E-state index contributed by atoms with van der Waals surface area (Å²) in [5.74, 6) is 0. The first-order valence-corrected chi connectivity index (χ1v) is 6.63. The lowest BCUT2D eigenvalue weighted by Crippen LogP contribution is -2.01. The van der Waals surface area contributed by atoms with Crippen LogP contribution in [0.1, 0.15) is 12.1 Å². The van der Waals surface area contributed by atoms with Gasteiger partial charge >= 0.3 is 0 Å². The van der Waals surface area contributed by atoms with Crippen LogP contribution in [-0.4, -0.2) is 26.7 Å². The van der Waals surface area contributed by atoms with Crippen molar-refractivity contribution in [2.45, 2.75) is 19.5 Å². The molecule has 0 aliphatic heterocycles. The fourth-order valence-corrected chi connectivity index (χ4v) is 1.86. The van der Waals surface area contributed by atoms with Crippen molar-refractivity contribution >= 4 is 28.9 Å². The third-order valence-electron chi connectivity index (χ3n) is 2.52. The zero-order chi connectivity index (χ0) is 13.7. The average Bonchev–Trinajstić information content (AvgIpc) is 2.86. The Hall–Kier alpha value is -1.30. The maximum Gasteiger partial charge on any atom is 0.102 e. The molecule has 0 fully saturated rings. The summed E-state index contributed by atoms with van der Waals surface area (Å²) in [6.07, 6.45) is 2.52. The SMILES string of the molecule is OCCCn1cc(CNc2ccc(Cl)c(Cl)c2)nn1. The second-order valence-electron chi connectivity index (χ2n) is 4.03. The monoisotopic (exact) mass is 300 g/mol. The minimum atomic E-state index is 0.150. The van der Waals surface area contributed by atoms with Crippen LogP contribution in [-0.2, 0) is 13.1 Å². The van der Waals surface area contributed by atoms with Gasteiger partial charge < -0.3 is 10.4 Å². The average molecular weight is 301 g/mol. The normalized spacial score (nSPS) is 10.7. The molecule has 0 bridgehead atoms. The van der Waals surface area contributed by atoms with Crippen LogP contribution in [0.3, 0.4) is 0 Å². The number of aromatic nitrogens is 3. The fourth-order valence-electron chi connectivity index (χ4n) is 1.56. The number of aliphatic hydroxyl groups excluding tert-OH is 1. The first kappa shape index (κ1) is 14.1. The minimum absolute atomic E-state index is 0.150. The zero-order valence-electron chi connectivity index (χ0n) is 10.2. The van der Waals surface area contributed by atoms with Crippen LogP contribution in [0, 0.1) is 0 Å². The number of aliphatic hydroxyl groups is 1. The summed E-state index contributed by atoms with van der Waals surface area (Å²) < 4.78 is 1.71. The quantitative estimate of drug-likeness (QED) is 0.861. The van der Waals surface area contributed by atoms with E-state index in [0.717, 1.165) is 11.4 Å². The molecule has 0 amide bonds. The summed E-state index contributed by atoms with van der Waals surface area (Å²) >= 11 is 11.8. The van der Waals surface area contributed by atoms with Gasteiger partial charge in [0.15, 0.2) is 0 Å². The molecular weight excluding hydrogens is 287 g/mol. The maximum absolute atomic E-state index is 8.74. The van der Waals surface area contributed by atoms with Crippen molar-refractivity contribution in [1.29, 1.82) is 0 Å². The van der Waals surface area contributed by atoms with Crippen molar-refractivity contribution in [2.24, 2.45) is 0 Å². The fraction of sp³-hybridized carbons (Fsp3) is 0.333. The second kappa shape index (κ2) is 6.75. The lowest BCUT2D eigenvalue weighted by molar-refractivity contribution is 0.276. The number of benzene rings is 1. The number of anilines is 1. The van der Waals surface area contributed by atoms with Crippen molar-refractivity contribution in [2.75, 3.05) is 11.9 Å². The lowest BCUT2D eigenvalue weighted by Gasteiger charge is -2.05. The van der Waals surface area contributed by atoms with E-state index in [1.165, 1.54) is 0 Å². The van der Waals surface area contributed by atoms with E-state index in [4.69, 9.17) is 28.3 Å². The second-order valence-corrected chi connectivity index (χ2v) is 4.85. The predicted octanol–water partition coefficient (Wildman–Crippen LogP) is 2.58. The van der Waals surface area contributed by atoms with Crippen molar-refractivity contribution in [1.82, 2.24) is 15.0 Å². The topological polar surface area (TPSA) is 63.0 Å². The molecule has 0 aliphatic carbocycles. The number of halogens is 2. The number of hydrogen-bond acceptors (Lipinski definition) is 4. The zero-order valence-corrected chi connectivity index (χ0v) is 11.7. The molecule has 1 heterocycles. The van der Waals surface area contributed by atoms with E-state index in [9.17, 15) is 0 Å². The van der Waals surface area contributed by atoms with Gasteiger partial charge in [0.2, 0.25) is 0 Å². The highest BCUT2D eigenvalue weighted by atomic mass is 35.5. The van der Waals surface area contributed by atoms with E-state index in [0.29, 0.717) is 29.6 Å². The van der Waals surface area contributed by atoms with E-state index < -0.39 is 0 Å². The van der Waals surface area contributed by atoms with Gasteiger partial charge in [-0.15, -0.1) is 5.10 Å². The number of nitrogens with one attached hydrogen (secondary N) is 1. The molecule has 0 radical (unpaired) electrons. The van der Waals surface area contributed by atoms with Crippen LogP contribution in [0.5, 0.6) is 0 Å². The molecule has 0 unspecified atom stereocenters. The summed E-state index contributed by atoms with van der Waals surface area (Å²) in [4.78, 5) is 0. The molecule has 102 valence electrons. The van der Waals surface area contributed by atoms with Gasteiger partial charge in [-0.3, -0.25) is 4.68 Å². The van der Waals surface area contributed by atoms with Gasteiger partial charge in [0, 0.05) is 18.8 Å². The van der Waals surface area contributed by atoms with Gasteiger partial charge in [0.25, 0.3) is 0 Å². The van der Waals surface area contributed by atoms with E-state index in [1.807, 2.05) is 12.3 Å². The largest absolute Gasteiger partial charge is 0.396 e.